The molecule has 1 aromatic heterocycles. The summed E-state index contributed by atoms with van der Waals surface area (Å²) >= 11 is 5.79. The quantitative estimate of drug-likeness (QED) is 0.748. The van der Waals surface area contributed by atoms with Gasteiger partial charge in [0.25, 0.3) is 0 Å². The summed E-state index contributed by atoms with van der Waals surface area (Å²) in [6.45, 7) is -0.614. The van der Waals surface area contributed by atoms with Gasteiger partial charge in [-0.2, -0.15) is 8.78 Å². The highest BCUT2D eigenvalue weighted by Gasteiger charge is 2.45. The molecule has 0 saturated heterocycles. The van der Waals surface area contributed by atoms with Gasteiger partial charge in [-0.3, -0.25) is 4.79 Å². The normalized spacial score (nSPS) is 22.8. The molecule has 7 heteroatoms. The molecule has 2 aliphatic rings. The van der Waals surface area contributed by atoms with Crippen LogP contribution in [0.2, 0.25) is 5.28 Å². The molecular weight excluding hydrogens is 288 g/mol. The minimum absolute atomic E-state index is 0.00325. The Morgan fingerprint density at radius 2 is 2.05 bits per heavy atom. The lowest BCUT2D eigenvalue weighted by molar-refractivity contribution is -0.140. The molecule has 0 radical (unpaired) electrons. The van der Waals surface area contributed by atoms with Gasteiger partial charge in [-0.05, 0) is 24.4 Å². The maximum Gasteiger partial charge on any atom is 0.322 e. The van der Waals surface area contributed by atoms with Crippen molar-refractivity contribution in [3.05, 3.63) is 17.0 Å². The van der Waals surface area contributed by atoms with E-state index in [9.17, 15) is 13.6 Å². The van der Waals surface area contributed by atoms with Crippen LogP contribution in [0.1, 0.15) is 31.2 Å². The predicted octanol–water partition coefficient (Wildman–Crippen LogP) is 2.64. The smallest absolute Gasteiger partial charge is 0.322 e. The van der Waals surface area contributed by atoms with E-state index in [1.807, 2.05) is 0 Å². The Bertz CT molecular complexity index is 546. The molecule has 1 aromatic rings. The third-order valence-corrected chi connectivity index (χ3v) is 4.16. The highest BCUT2D eigenvalue weighted by molar-refractivity contribution is 6.28. The molecule has 1 saturated carbocycles. The first-order valence-electron chi connectivity index (χ1n) is 6.66. The van der Waals surface area contributed by atoms with Gasteiger partial charge in [-0.25, -0.2) is 9.97 Å². The molecule has 4 nitrogen and oxygen atoms in total. The number of carbonyl (C=O) groups is 1. The topological polar surface area (TPSA) is 46.1 Å². The summed E-state index contributed by atoms with van der Waals surface area (Å²) in [5, 5.41) is 0.0180. The van der Waals surface area contributed by atoms with Crippen molar-refractivity contribution < 1.29 is 13.6 Å². The zero-order valence-corrected chi connectivity index (χ0v) is 11.5. The van der Waals surface area contributed by atoms with Gasteiger partial charge >= 0.3 is 5.92 Å². The summed E-state index contributed by atoms with van der Waals surface area (Å²) in [5.74, 6) is -4.04. The maximum absolute atomic E-state index is 14.0. The number of rotatable bonds is 1. The van der Waals surface area contributed by atoms with Crippen LogP contribution < -0.4 is 4.90 Å². The number of Topliss-reactive ketones (excluding diaryl/α,β-unsaturated/α-hetero) is 1. The van der Waals surface area contributed by atoms with Gasteiger partial charge in [0.05, 0.1) is 6.54 Å². The van der Waals surface area contributed by atoms with Crippen molar-refractivity contribution in [1.29, 1.82) is 0 Å². The third-order valence-electron chi connectivity index (χ3n) is 3.98. The van der Waals surface area contributed by atoms with Crippen molar-refractivity contribution in [3.8, 4) is 0 Å². The predicted molar refractivity (Wildman–Crippen MR) is 70.3 cm³/mol. The van der Waals surface area contributed by atoms with Crippen LogP contribution in [0.5, 0.6) is 0 Å². The van der Waals surface area contributed by atoms with Gasteiger partial charge < -0.3 is 4.90 Å². The molecule has 0 aromatic carbocycles. The first-order chi connectivity index (χ1) is 9.47. The van der Waals surface area contributed by atoms with Gasteiger partial charge in [-0.1, -0.05) is 12.8 Å². The summed E-state index contributed by atoms with van der Waals surface area (Å²) in [6, 6.07) is -0.00325. The number of ketones is 1. The second kappa shape index (κ2) is 4.91. The lowest BCUT2D eigenvalue weighted by atomic mass is 10.1. The maximum atomic E-state index is 14.0. The fourth-order valence-corrected chi connectivity index (χ4v) is 3.08. The van der Waals surface area contributed by atoms with E-state index in [1.165, 1.54) is 6.20 Å². The first kappa shape index (κ1) is 13.7. The Labute approximate surface area is 120 Å². The molecule has 20 heavy (non-hydrogen) atoms. The van der Waals surface area contributed by atoms with E-state index >= 15 is 0 Å². The second-order valence-corrected chi connectivity index (χ2v) is 5.70. The number of anilines is 1. The Balaban J connectivity index is 2.06. The Morgan fingerprint density at radius 1 is 1.35 bits per heavy atom. The molecule has 0 atom stereocenters. The van der Waals surface area contributed by atoms with E-state index < -0.39 is 18.3 Å². The van der Waals surface area contributed by atoms with E-state index in [0.29, 0.717) is 11.4 Å². The summed E-state index contributed by atoms with van der Waals surface area (Å²) < 4.78 is 27.9. The summed E-state index contributed by atoms with van der Waals surface area (Å²) in [5.41, 5.74) is 0.434. The summed E-state index contributed by atoms with van der Waals surface area (Å²) in [7, 11) is 0. The van der Waals surface area contributed by atoms with Crippen molar-refractivity contribution in [2.45, 2.75) is 44.1 Å². The number of fused-ring (bicyclic) bond motifs is 1. The zero-order valence-electron chi connectivity index (χ0n) is 10.8. The van der Waals surface area contributed by atoms with Crippen LogP contribution in [0.15, 0.2) is 6.20 Å². The highest BCUT2D eigenvalue weighted by Crippen LogP contribution is 2.35. The number of carbonyl (C=O) groups excluding carboxylic acids is 1. The first-order valence-corrected chi connectivity index (χ1v) is 7.04. The lowest BCUT2D eigenvalue weighted by Crippen LogP contribution is -2.45. The molecule has 0 unspecified atom stereocenters. The van der Waals surface area contributed by atoms with Crippen molar-refractivity contribution in [2.75, 3.05) is 11.4 Å². The van der Waals surface area contributed by atoms with Crippen molar-refractivity contribution in [2.24, 2.45) is 0 Å². The minimum Gasteiger partial charge on any atom is -0.347 e. The van der Waals surface area contributed by atoms with Crippen LogP contribution >= 0.6 is 11.6 Å². The van der Waals surface area contributed by atoms with Gasteiger partial charge in [-0.15, -0.1) is 0 Å². The fraction of sp³-hybridized carbons (Fsp3) is 0.615. The van der Waals surface area contributed by atoms with E-state index in [-0.39, 0.29) is 17.7 Å². The number of aromatic nitrogens is 2. The summed E-state index contributed by atoms with van der Waals surface area (Å²) in [4.78, 5) is 21.1. The molecule has 2 heterocycles. The van der Waals surface area contributed by atoms with E-state index in [2.05, 4.69) is 9.97 Å². The van der Waals surface area contributed by atoms with Crippen molar-refractivity contribution in [1.82, 2.24) is 9.97 Å². The lowest BCUT2D eigenvalue weighted by Gasteiger charge is -2.31. The molecule has 0 bridgehead atoms. The number of nitrogens with zero attached hydrogens (tertiary/aromatic N) is 3. The average molecular weight is 302 g/mol. The van der Waals surface area contributed by atoms with E-state index in [0.717, 1.165) is 25.7 Å². The van der Waals surface area contributed by atoms with Crippen LogP contribution in [-0.2, 0) is 11.2 Å². The standard InChI is InChI=1S/C13H14ClF2N3O/c14-12-17-6-8-5-10(20)13(15,16)7-19(11(8)18-12)9-3-1-2-4-9/h6,9H,1-5,7H2. The molecule has 3 rings (SSSR count). The van der Waals surface area contributed by atoms with E-state index in [4.69, 9.17) is 11.6 Å². The fourth-order valence-electron chi connectivity index (χ4n) is 2.95. The monoisotopic (exact) mass is 301 g/mol. The molecule has 1 aliphatic carbocycles. The molecule has 1 aliphatic heterocycles. The number of hydrogen-bond acceptors (Lipinski definition) is 4. The molecule has 0 N–H and O–H groups in total. The molecule has 1 fully saturated rings. The van der Waals surface area contributed by atoms with Gasteiger partial charge in [0, 0.05) is 24.2 Å². The minimum atomic E-state index is -3.35. The SMILES string of the molecule is O=C1Cc2cnc(Cl)nc2N(C2CCCC2)CC1(F)F. The third kappa shape index (κ3) is 2.37. The molecular formula is C13H14ClF2N3O. The van der Waals surface area contributed by atoms with Crippen LogP contribution in [-0.4, -0.2) is 34.3 Å². The number of alkyl halides is 2. The number of halogens is 3. The Hall–Kier alpha value is -1.30. The molecule has 0 spiro atoms. The average Bonchev–Trinajstić information content (AvgIpc) is 2.89. The Kier molecular flexibility index (Phi) is 3.36. The van der Waals surface area contributed by atoms with Gasteiger partial charge in [0.15, 0.2) is 0 Å². The molecule has 108 valence electrons. The van der Waals surface area contributed by atoms with Crippen LogP contribution in [0.4, 0.5) is 14.6 Å². The van der Waals surface area contributed by atoms with Gasteiger partial charge in [0.2, 0.25) is 11.1 Å². The van der Waals surface area contributed by atoms with Crippen LogP contribution in [0.25, 0.3) is 0 Å². The van der Waals surface area contributed by atoms with Crippen molar-refractivity contribution in [3.63, 3.8) is 0 Å². The largest absolute Gasteiger partial charge is 0.347 e. The highest BCUT2D eigenvalue weighted by atomic mass is 35.5. The van der Waals surface area contributed by atoms with Crippen LogP contribution in [0.3, 0.4) is 0 Å². The summed E-state index contributed by atoms with van der Waals surface area (Å²) in [6.07, 6.45) is 4.73. The van der Waals surface area contributed by atoms with E-state index in [1.54, 1.807) is 4.90 Å². The van der Waals surface area contributed by atoms with Crippen molar-refractivity contribution >= 4 is 23.2 Å². The second-order valence-electron chi connectivity index (χ2n) is 5.36. The Morgan fingerprint density at radius 3 is 2.75 bits per heavy atom. The van der Waals surface area contributed by atoms with Gasteiger partial charge in [0.1, 0.15) is 5.82 Å². The number of hydrogen-bond donors (Lipinski definition) is 0. The zero-order chi connectivity index (χ0) is 14.3. The van der Waals surface area contributed by atoms with Crippen LogP contribution in [0, 0.1) is 0 Å². The molecule has 0 amide bonds.